The summed E-state index contributed by atoms with van der Waals surface area (Å²) < 4.78 is 2.71. The second kappa shape index (κ2) is 8.08. The minimum atomic E-state index is -0.0529. The largest absolute Gasteiger partial charge is 0.315 e. The van der Waals surface area contributed by atoms with Gasteiger partial charge in [0.05, 0.1) is 11.9 Å². The predicted octanol–water partition coefficient (Wildman–Crippen LogP) is 4.08. The normalized spacial score (nSPS) is 10.8. The van der Waals surface area contributed by atoms with Crippen molar-refractivity contribution < 1.29 is 4.79 Å². The summed E-state index contributed by atoms with van der Waals surface area (Å²) in [6.07, 6.45) is 2.78. The number of carbonyl (C=O) groups is 1. The van der Waals surface area contributed by atoms with Crippen molar-refractivity contribution in [3.05, 3.63) is 86.2 Å². The first-order chi connectivity index (χ1) is 12.9. The van der Waals surface area contributed by atoms with Gasteiger partial charge < -0.3 is 9.47 Å². The molecule has 4 nitrogen and oxygen atoms in total. The first-order valence-corrected chi connectivity index (χ1v) is 9.74. The number of anilines is 1. The first kappa shape index (κ1) is 19.4. The molecule has 3 rings (SSSR count). The third kappa shape index (κ3) is 3.83. The Kier molecular flexibility index (Phi) is 5.79. The van der Waals surface area contributed by atoms with Crippen molar-refractivity contribution >= 4 is 45.1 Å². The zero-order valence-electron chi connectivity index (χ0n) is 15.4. The van der Waals surface area contributed by atoms with E-state index in [1.54, 1.807) is 29.6 Å². The van der Waals surface area contributed by atoms with E-state index in [0.29, 0.717) is 12.8 Å². The summed E-state index contributed by atoms with van der Waals surface area (Å²) in [5.74, 6) is 0.0219. The summed E-state index contributed by atoms with van der Waals surface area (Å²) in [5.41, 5.74) is 3.65. The van der Waals surface area contributed by atoms with Gasteiger partial charge in [0.1, 0.15) is 0 Å². The van der Waals surface area contributed by atoms with Gasteiger partial charge in [0, 0.05) is 34.8 Å². The smallest absolute Gasteiger partial charge is 0.250 e. The van der Waals surface area contributed by atoms with Crippen LogP contribution in [-0.4, -0.2) is 17.5 Å². The maximum atomic E-state index is 12.9. The van der Waals surface area contributed by atoms with E-state index in [2.05, 4.69) is 29.2 Å². The Morgan fingerprint density at radius 2 is 1.93 bits per heavy atom. The maximum absolute atomic E-state index is 12.9. The summed E-state index contributed by atoms with van der Waals surface area (Å²) >= 11 is 2.25. The lowest BCUT2D eigenvalue weighted by Gasteiger charge is -2.22. The van der Waals surface area contributed by atoms with Crippen molar-refractivity contribution in [2.45, 2.75) is 12.8 Å². The fraction of sp³-hybridized carbons (Fsp3) is 0.182. The number of likely N-dealkylation sites (N-methyl/N-ethyl adjacent to an activating group) is 1. The lowest BCUT2D eigenvalue weighted by Crippen LogP contribution is -2.29. The highest BCUT2D eigenvalue weighted by Crippen LogP contribution is 2.29. The Balaban J connectivity index is 2.04. The monoisotopic (exact) mass is 472 g/mol. The van der Waals surface area contributed by atoms with Crippen molar-refractivity contribution in [1.29, 1.82) is 0 Å². The van der Waals surface area contributed by atoms with E-state index in [9.17, 15) is 9.59 Å². The van der Waals surface area contributed by atoms with Gasteiger partial charge in [-0.3, -0.25) is 9.59 Å². The molecule has 2 aromatic carbocycles. The number of pyridine rings is 1. The van der Waals surface area contributed by atoms with E-state index in [4.69, 9.17) is 0 Å². The lowest BCUT2D eigenvalue weighted by molar-refractivity contribution is -0.117. The van der Waals surface area contributed by atoms with E-state index < -0.39 is 0 Å². The summed E-state index contributed by atoms with van der Waals surface area (Å²) in [6, 6.07) is 15.1. The molecule has 1 heterocycles. The first-order valence-electron chi connectivity index (χ1n) is 8.66. The van der Waals surface area contributed by atoms with E-state index in [1.165, 1.54) is 0 Å². The van der Waals surface area contributed by atoms with E-state index in [1.807, 2.05) is 48.5 Å². The van der Waals surface area contributed by atoms with Crippen LogP contribution in [0.5, 0.6) is 0 Å². The molecule has 0 bridgehead atoms. The number of hydrogen-bond acceptors (Lipinski definition) is 2. The zero-order valence-corrected chi connectivity index (χ0v) is 17.6. The van der Waals surface area contributed by atoms with Crippen LogP contribution in [0.15, 0.2) is 66.0 Å². The Morgan fingerprint density at radius 1 is 1.19 bits per heavy atom. The Labute approximate surface area is 172 Å². The van der Waals surface area contributed by atoms with E-state index in [-0.39, 0.29) is 11.5 Å². The number of fused-ring (bicyclic) bond motifs is 1. The Morgan fingerprint density at radius 3 is 2.63 bits per heavy atom. The molecule has 0 atom stereocenters. The Bertz CT molecular complexity index is 1090. The van der Waals surface area contributed by atoms with Crippen LogP contribution in [0.3, 0.4) is 0 Å². The van der Waals surface area contributed by atoms with Crippen LogP contribution in [-0.2, 0) is 24.7 Å². The van der Waals surface area contributed by atoms with Crippen molar-refractivity contribution in [3.63, 3.8) is 0 Å². The lowest BCUT2D eigenvalue weighted by atomic mass is 10.0. The van der Waals surface area contributed by atoms with Crippen molar-refractivity contribution in [3.8, 4) is 0 Å². The number of nitrogens with zero attached hydrogens (tertiary/aromatic N) is 2. The van der Waals surface area contributed by atoms with Gasteiger partial charge in [0.25, 0.3) is 5.56 Å². The highest BCUT2D eigenvalue weighted by molar-refractivity contribution is 14.1. The minimum Gasteiger partial charge on any atom is -0.315 e. The molecule has 138 valence electrons. The molecular formula is C22H21IN2O2. The van der Waals surface area contributed by atoms with Crippen LogP contribution < -0.4 is 10.5 Å². The predicted molar refractivity (Wildman–Crippen MR) is 119 cm³/mol. The highest BCUT2D eigenvalue weighted by atomic mass is 127. The molecule has 0 fully saturated rings. The third-order valence-electron chi connectivity index (χ3n) is 4.78. The van der Waals surface area contributed by atoms with E-state index in [0.717, 1.165) is 31.3 Å². The molecule has 3 aromatic rings. The minimum absolute atomic E-state index is 0.0219. The van der Waals surface area contributed by atoms with Gasteiger partial charge in [0.15, 0.2) is 0 Å². The van der Waals surface area contributed by atoms with Gasteiger partial charge in [-0.05, 0) is 64.4 Å². The van der Waals surface area contributed by atoms with E-state index >= 15 is 0 Å². The van der Waals surface area contributed by atoms with Gasteiger partial charge >= 0.3 is 0 Å². The molecule has 1 aromatic heterocycles. The molecule has 0 saturated carbocycles. The number of rotatable bonds is 5. The number of benzene rings is 2. The van der Waals surface area contributed by atoms with Gasteiger partial charge in [0.2, 0.25) is 5.91 Å². The molecule has 27 heavy (non-hydrogen) atoms. The SMILES string of the molecule is C=CCc1c(N(C)C(=O)Cc2ccccc2I)ccc2c1ccc(=O)n2C. The second-order valence-corrected chi connectivity index (χ2v) is 7.60. The molecular weight excluding hydrogens is 451 g/mol. The fourth-order valence-electron chi connectivity index (χ4n) is 3.24. The number of amides is 1. The van der Waals surface area contributed by atoms with Crippen molar-refractivity contribution in [1.82, 2.24) is 4.57 Å². The van der Waals surface area contributed by atoms with Gasteiger partial charge in [-0.1, -0.05) is 24.3 Å². The number of aromatic nitrogens is 1. The molecule has 0 radical (unpaired) electrons. The number of hydrogen-bond donors (Lipinski definition) is 0. The van der Waals surface area contributed by atoms with Crippen molar-refractivity contribution in [2.24, 2.45) is 7.05 Å². The summed E-state index contributed by atoms with van der Waals surface area (Å²) in [6.45, 7) is 3.85. The van der Waals surface area contributed by atoms with Gasteiger partial charge in [-0.2, -0.15) is 0 Å². The standard InChI is InChI=1S/C22H21IN2O2/c1-4-7-16-17-10-13-21(26)24(2)20(17)12-11-19(16)25(3)22(27)14-15-8-5-6-9-18(15)23/h4-6,8-13H,1,7,14H2,2-3H3. The van der Waals surface area contributed by atoms with Gasteiger partial charge in [-0.25, -0.2) is 0 Å². The number of allylic oxidation sites excluding steroid dienone is 1. The molecule has 0 aliphatic carbocycles. The van der Waals surface area contributed by atoms with Gasteiger partial charge in [-0.15, -0.1) is 6.58 Å². The van der Waals surface area contributed by atoms with Crippen molar-refractivity contribution in [2.75, 3.05) is 11.9 Å². The number of halogens is 1. The number of aryl methyl sites for hydroxylation is 1. The van der Waals surface area contributed by atoms with Crippen LogP contribution in [0, 0.1) is 3.57 Å². The average molecular weight is 472 g/mol. The summed E-state index contributed by atoms with van der Waals surface area (Å²) in [7, 11) is 3.56. The van der Waals surface area contributed by atoms with Crippen LogP contribution >= 0.6 is 22.6 Å². The average Bonchev–Trinajstić information content (AvgIpc) is 2.66. The molecule has 0 unspecified atom stereocenters. The third-order valence-corrected chi connectivity index (χ3v) is 5.83. The summed E-state index contributed by atoms with van der Waals surface area (Å²) in [5, 5.41) is 0.962. The molecule has 0 spiro atoms. The van der Waals surface area contributed by atoms with Crippen LogP contribution in [0.25, 0.3) is 10.9 Å². The molecule has 0 saturated heterocycles. The second-order valence-electron chi connectivity index (χ2n) is 6.44. The highest BCUT2D eigenvalue weighted by Gasteiger charge is 2.18. The fourth-order valence-corrected chi connectivity index (χ4v) is 3.81. The zero-order chi connectivity index (χ0) is 19.6. The van der Waals surface area contributed by atoms with Crippen LogP contribution in [0.2, 0.25) is 0 Å². The maximum Gasteiger partial charge on any atom is 0.250 e. The topological polar surface area (TPSA) is 42.3 Å². The van der Waals surface area contributed by atoms with Crippen LogP contribution in [0.4, 0.5) is 5.69 Å². The number of carbonyl (C=O) groups excluding carboxylic acids is 1. The van der Waals surface area contributed by atoms with Crippen LogP contribution in [0.1, 0.15) is 11.1 Å². The molecule has 1 amide bonds. The molecule has 0 N–H and O–H groups in total. The molecule has 5 heteroatoms. The quantitative estimate of drug-likeness (QED) is 0.415. The summed E-state index contributed by atoms with van der Waals surface area (Å²) in [4.78, 5) is 26.6. The molecule has 0 aliphatic rings. The Hall–Kier alpha value is -2.41. The molecule has 0 aliphatic heterocycles.